The van der Waals surface area contributed by atoms with E-state index >= 15 is 0 Å². The van der Waals surface area contributed by atoms with Gasteiger partial charge in [0.25, 0.3) is 0 Å². The molecule has 1 N–H and O–H groups in total. The number of carbonyl (C=O) groups is 1. The van der Waals surface area contributed by atoms with Gasteiger partial charge in [0.15, 0.2) is 11.5 Å². The Bertz CT molecular complexity index is 943. The maximum absolute atomic E-state index is 12.4. The first kappa shape index (κ1) is 19.5. The van der Waals surface area contributed by atoms with Crippen molar-refractivity contribution in [2.24, 2.45) is 0 Å². The van der Waals surface area contributed by atoms with E-state index in [2.05, 4.69) is 9.46 Å². The monoisotopic (exact) mass is 411 g/mol. The highest BCUT2D eigenvalue weighted by atomic mass is 35.5. The summed E-state index contributed by atoms with van der Waals surface area (Å²) in [6.45, 7) is 1.07. The first-order valence-electron chi connectivity index (χ1n) is 8.17. The molecule has 27 heavy (non-hydrogen) atoms. The van der Waals surface area contributed by atoms with Crippen LogP contribution in [0.4, 0.5) is 0 Å². The maximum Gasteiger partial charge on any atom is 0.337 e. The molecular formula is C18H18ClNO6S. The summed E-state index contributed by atoms with van der Waals surface area (Å²) in [5.41, 5.74) is 1.11. The van der Waals surface area contributed by atoms with E-state index in [1.165, 1.54) is 31.4 Å². The molecule has 0 spiro atoms. The molecule has 0 aliphatic carbocycles. The van der Waals surface area contributed by atoms with Crippen LogP contribution in [0.5, 0.6) is 11.5 Å². The Morgan fingerprint density at radius 2 is 1.89 bits per heavy atom. The summed E-state index contributed by atoms with van der Waals surface area (Å²) in [5.74, 6) is 0.547. The van der Waals surface area contributed by atoms with Gasteiger partial charge in [-0.15, -0.1) is 0 Å². The molecule has 0 atom stereocenters. The van der Waals surface area contributed by atoms with Gasteiger partial charge in [-0.05, 0) is 48.4 Å². The number of esters is 1. The van der Waals surface area contributed by atoms with Gasteiger partial charge < -0.3 is 14.2 Å². The molecule has 1 heterocycles. The number of nitrogens with one attached hydrogen (secondary N) is 1. The van der Waals surface area contributed by atoms with Crippen LogP contribution in [0, 0.1) is 0 Å². The van der Waals surface area contributed by atoms with Gasteiger partial charge in [-0.25, -0.2) is 17.9 Å². The number of carbonyl (C=O) groups excluding carboxylic acids is 1. The number of rotatable bonds is 6. The van der Waals surface area contributed by atoms with Crippen LogP contribution in [0.15, 0.2) is 41.3 Å². The Morgan fingerprint density at radius 3 is 2.59 bits per heavy atom. The Labute approximate surface area is 162 Å². The van der Waals surface area contributed by atoms with Crippen molar-refractivity contribution in [2.75, 3.05) is 26.9 Å². The van der Waals surface area contributed by atoms with E-state index in [1.807, 2.05) is 0 Å². The highest BCUT2D eigenvalue weighted by molar-refractivity contribution is 7.89. The van der Waals surface area contributed by atoms with Crippen molar-refractivity contribution in [3.05, 3.63) is 52.5 Å². The molecule has 1 aliphatic heterocycles. The second-order valence-corrected chi connectivity index (χ2v) is 7.94. The zero-order valence-electron chi connectivity index (χ0n) is 14.5. The highest BCUT2D eigenvalue weighted by Crippen LogP contribution is 2.38. The van der Waals surface area contributed by atoms with Gasteiger partial charge in [0.1, 0.15) is 13.2 Å². The van der Waals surface area contributed by atoms with Crippen molar-refractivity contribution in [1.82, 2.24) is 4.72 Å². The first-order valence-corrected chi connectivity index (χ1v) is 10.0. The predicted molar refractivity (Wildman–Crippen MR) is 99.1 cm³/mol. The summed E-state index contributed by atoms with van der Waals surface area (Å²) in [6.07, 6.45) is 0.426. The smallest absolute Gasteiger partial charge is 0.337 e. The third-order valence-electron chi connectivity index (χ3n) is 3.95. The van der Waals surface area contributed by atoms with Crippen LogP contribution < -0.4 is 14.2 Å². The van der Waals surface area contributed by atoms with Gasteiger partial charge in [0, 0.05) is 6.54 Å². The topological polar surface area (TPSA) is 90.9 Å². The van der Waals surface area contributed by atoms with E-state index < -0.39 is 16.0 Å². The number of methoxy groups -OCH3 is 1. The van der Waals surface area contributed by atoms with Crippen LogP contribution in [0.3, 0.4) is 0 Å². The molecule has 0 fully saturated rings. The van der Waals surface area contributed by atoms with Gasteiger partial charge >= 0.3 is 5.97 Å². The van der Waals surface area contributed by atoms with E-state index in [1.54, 1.807) is 12.1 Å². The van der Waals surface area contributed by atoms with Crippen molar-refractivity contribution in [3.8, 4) is 11.5 Å². The minimum Gasteiger partial charge on any atom is -0.486 e. The van der Waals surface area contributed by atoms with Crippen molar-refractivity contribution < 1.29 is 27.4 Å². The summed E-state index contributed by atoms with van der Waals surface area (Å²) in [7, 11) is -2.44. The quantitative estimate of drug-likeness (QED) is 0.734. The molecule has 0 aromatic heterocycles. The second-order valence-electron chi connectivity index (χ2n) is 5.77. The van der Waals surface area contributed by atoms with E-state index in [4.69, 9.17) is 21.1 Å². The lowest BCUT2D eigenvalue weighted by Gasteiger charge is -2.20. The average molecular weight is 412 g/mol. The van der Waals surface area contributed by atoms with E-state index in [-0.39, 0.29) is 17.0 Å². The van der Waals surface area contributed by atoms with Crippen LogP contribution in [-0.4, -0.2) is 41.3 Å². The maximum atomic E-state index is 12.4. The van der Waals surface area contributed by atoms with Crippen LogP contribution in [0.1, 0.15) is 15.9 Å². The van der Waals surface area contributed by atoms with Gasteiger partial charge in [-0.2, -0.15) is 0 Å². The lowest BCUT2D eigenvalue weighted by molar-refractivity contribution is 0.0600. The molecule has 9 heteroatoms. The summed E-state index contributed by atoms with van der Waals surface area (Å²) >= 11 is 6.18. The Kier molecular flexibility index (Phi) is 5.88. The molecule has 0 amide bonds. The third kappa shape index (κ3) is 4.52. The molecule has 3 rings (SSSR count). The predicted octanol–water partition coefficient (Wildman–Crippen LogP) is 2.42. The fourth-order valence-corrected chi connectivity index (χ4v) is 3.93. The Morgan fingerprint density at radius 1 is 1.19 bits per heavy atom. The first-order chi connectivity index (χ1) is 12.9. The molecule has 0 bridgehead atoms. The van der Waals surface area contributed by atoms with E-state index in [0.717, 1.165) is 5.56 Å². The van der Waals surface area contributed by atoms with Crippen molar-refractivity contribution in [2.45, 2.75) is 11.3 Å². The van der Waals surface area contributed by atoms with E-state index in [9.17, 15) is 13.2 Å². The SMILES string of the molecule is COC(=O)c1ccc(S(=O)(=O)NCCc2cc(Cl)c3c(c2)OCCO3)cc1. The van der Waals surface area contributed by atoms with Crippen molar-refractivity contribution >= 4 is 27.6 Å². The second kappa shape index (κ2) is 8.16. The Hall–Kier alpha value is -2.29. The molecule has 7 nitrogen and oxygen atoms in total. The van der Waals surface area contributed by atoms with Crippen LogP contribution in [-0.2, 0) is 21.2 Å². The number of fused-ring (bicyclic) bond motifs is 1. The van der Waals surface area contributed by atoms with Gasteiger partial charge in [-0.1, -0.05) is 11.6 Å². The molecule has 0 saturated carbocycles. The minimum atomic E-state index is -3.70. The van der Waals surface area contributed by atoms with Crippen LogP contribution >= 0.6 is 11.6 Å². The number of benzene rings is 2. The summed E-state index contributed by atoms with van der Waals surface area (Å²) < 4.78 is 42.8. The highest BCUT2D eigenvalue weighted by Gasteiger charge is 2.18. The number of hydrogen-bond donors (Lipinski definition) is 1. The van der Waals surface area contributed by atoms with Crippen LogP contribution in [0.25, 0.3) is 0 Å². The fraction of sp³-hybridized carbons (Fsp3) is 0.278. The zero-order chi connectivity index (χ0) is 19.4. The molecule has 0 saturated heterocycles. The summed E-state index contributed by atoms with van der Waals surface area (Å²) in [5, 5.41) is 0.434. The minimum absolute atomic E-state index is 0.0651. The molecule has 0 radical (unpaired) electrons. The normalized spacial score (nSPS) is 13.3. The van der Waals surface area contributed by atoms with Crippen LogP contribution in [0.2, 0.25) is 5.02 Å². The third-order valence-corrected chi connectivity index (χ3v) is 5.71. The Balaban J connectivity index is 1.64. The standard InChI is InChI=1S/C18H18ClNO6S/c1-24-18(21)13-2-4-14(5-3-13)27(22,23)20-7-6-12-10-15(19)17-16(11-12)25-8-9-26-17/h2-5,10-11,20H,6-9H2,1H3. The molecule has 2 aromatic rings. The zero-order valence-corrected chi connectivity index (χ0v) is 16.1. The largest absolute Gasteiger partial charge is 0.486 e. The molecular weight excluding hydrogens is 394 g/mol. The number of halogens is 1. The molecule has 2 aromatic carbocycles. The molecule has 0 unspecified atom stereocenters. The van der Waals surface area contributed by atoms with E-state index in [0.29, 0.717) is 36.2 Å². The average Bonchev–Trinajstić information content (AvgIpc) is 2.67. The number of ether oxygens (including phenoxy) is 3. The molecule has 1 aliphatic rings. The fourth-order valence-electron chi connectivity index (χ4n) is 2.61. The molecule has 144 valence electrons. The number of sulfonamides is 1. The number of hydrogen-bond acceptors (Lipinski definition) is 6. The lowest BCUT2D eigenvalue weighted by Crippen LogP contribution is -2.26. The van der Waals surface area contributed by atoms with Crippen molar-refractivity contribution in [3.63, 3.8) is 0 Å². The van der Waals surface area contributed by atoms with Crippen molar-refractivity contribution in [1.29, 1.82) is 0 Å². The summed E-state index contributed by atoms with van der Waals surface area (Å²) in [6, 6.07) is 9.04. The van der Waals surface area contributed by atoms with Gasteiger partial charge in [0.2, 0.25) is 10.0 Å². The van der Waals surface area contributed by atoms with Gasteiger partial charge in [-0.3, -0.25) is 0 Å². The van der Waals surface area contributed by atoms with Gasteiger partial charge in [0.05, 0.1) is 22.6 Å². The lowest BCUT2D eigenvalue weighted by atomic mass is 10.1. The summed E-state index contributed by atoms with van der Waals surface area (Å²) in [4.78, 5) is 11.5.